The van der Waals surface area contributed by atoms with Gasteiger partial charge in [0.05, 0.1) is 7.11 Å². The summed E-state index contributed by atoms with van der Waals surface area (Å²) in [6.45, 7) is 0. The minimum absolute atomic E-state index is 0.773. The Labute approximate surface area is 73.0 Å². The molecule has 0 aliphatic carbocycles. The topological polar surface area (TPSA) is 53.0 Å². The van der Waals surface area contributed by atoms with Crippen LogP contribution in [0.25, 0.3) is 0 Å². The fourth-order valence-electron chi connectivity index (χ4n) is 0.802. The average Bonchev–Trinajstić information content (AvgIpc) is 2.74. The Morgan fingerprint density at radius 1 is 1.67 bits per heavy atom. The van der Waals surface area contributed by atoms with E-state index in [0.717, 1.165) is 5.13 Å². The predicted octanol–water partition coefficient (Wildman–Crippen LogP) is 0.189. The molecule has 1 aliphatic heterocycles. The first-order chi connectivity index (χ1) is 5.92. The molecule has 1 aromatic rings. The van der Waals surface area contributed by atoms with Gasteiger partial charge in [-0.3, -0.25) is 4.84 Å². The smallest absolute Gasteiger partial charge is 0.229 e. The first-order valence-electron chi connectivity index (χ1n) is 3.23. The van der Waals surface area contributed by atoms with E-state index in [9.17, 15) is 0 Å². The highest BCUT2D eigenvalue weighted by Gasteiger charge is 2.19. The number of rotatable bonds is 2. The Kier molecular flexibility index (Phi) is 1.80. The molecule has 0 bridgehead atoms. The second kappa shape index (κ2) is 2.95. The second-order valence-electron chi connectivity index (χ2n) is 1.96. The van der Waals surface area contributed by atoms with Crippen molar-refractivity contribution in [2.75, 3.05) is 12.2 Å². The maximum absolute atomic E-state index is 4.96. The molecule has 0 saturated carbocycles. The van der Waals surface area contributed by atoms with Crippen molar-refractivity contribution in [2.45, 2.75) is 0 Å². The van der Waals surface area contributed by atoms with Crippen LogP contribution in [-0.2, 0) is 4.84 Å². The molecular formula is C5H7N5OS. The van der Waals surface area contributed by atoms with Gasteiger partial charge in [0.1, 0.15) is 0 Å². The highest BCUT2D eigenvalue weighted by molar-refractivity contribution is 7.13. The summed E-state index contributed by atoms with van der Waals surface area (Å²) >= 11 is 1.49. The molecular weight excluding hydrogens is 178 g/mol. The van der Waals surface area contributed by atoms with Gasteiger partial charge in [0.25, 0.3) is 0 Å². The zero-order chi connectivity index (χ0) is 8.39. The number of thiazole rings is 1. The fraction of sp³-hybridized carbons (Fsp3) is 0.200. The Bertz CT molecular complexity index is 273. The van der Waals surface area contributed by atoms with Gasteiger partial charge in [-0.2, -0.15) is 5.53 Å². The van der Waals surface area contributed by atoms with E-state index >= 15 is 0 Å². The molecule has 0 unspecified atom stereocenters. The van der Waals surface area contributed by atoms with Crippen molar-refractivity contribution in [1.29, 1.82) is 0 Å². The van der Waals surface area contributed by atoms with Crippen molar-refractivity contribution in [1.82, 2.24) is 15.7 Å². The van der Waals surface area contributed by atoms with Gasteiger partial charge < -0.3 is 0 Å². The van der Waals surface area contributed by atoms with Gasteiger partial charge in [0.15, 0.2) is 6.34 Å². The predicted molar refractivity (Wildman–Crippen MR) is 45.1 cm³/mol. The van der Waals surface area contributed by atoms with Gasteiger partial charge in [-0.25, -0.2) is 4.98 Å². The largest absolute Gasteiger partial charge is 0.254 e. The summed E-state index contributed by atoms with van der Waals surface area (Å²) in [5.41, 5.74) is 2.71. The molecule has 0 aromatic carbocycles. The summed E-state index contributed by atoms with van der Waals surface area (Å²) in [5.74, 6) is 0. The lowest BCUT2D eigenvalue weighted by Gasteiger charge is -2.21. The van der Waals surface area contributed by atoms with Gasteiger partial charge in [-0.15, -0.1) is 26.7 Å². The maximum atomic E-state index is 4.96. The summed E-state index contributed by atoms with van der Waals surface area (Å²) in [5, 5.41) is 9.47. The van der Waals surface area contributed by atoms with Crippen LogP contribution in [0.3, 0.4) is 0 Å². The zero-order valence-electron chi connectivity index (χ0n) is 6.34. The van der Waals surface area contributed by atoms with E-state index in [1.807, 2.05) is 5.38 Å². The quantitative estimate of drug-likeness (QED) is 0.712. The monoisotopic (exact) mass is 185 g/mol. The molecule has 1 aliphatic rings. The lowest BCUT2D eigenvalue weighted by Crippen LogP contribution is -2.42. The zero-order valence-corrected chi connectivity index (χ0v) is 7.15. The average molecular weight is 185 g/mol. The van der Waals surface area contributed by atoms with Crippen LogP contribution < -0.4 is 10.7 Å². The first-order valence-corrected chi connectivity index (χ1v) is 4.11. The van der Waals surface area contributed by atoms with E-state index in [1.165, 1.54) is 22.8 Å². The van der Waals surface area contributed by atoms with Gasteiger partial charge in [0, 0.05) is 11.6 Å². The number of hydrazone groups is 1. The van der Waals surface area contributed by atoms with E-state index in [1.54, 1.807) is 18.4 Å². The van der Waals surface area contributed by atoms with Crippen LogP contribution in [0.5, 0.6) is 0 Å². The van der Waals surface area contributed by atoms with E-state index < -0.39 is 0 Å². The third-order valence-corrected chi connectivity index (χ3v) is 2.04. The molecule has 12 heavy (non-hydrogen) atoms. The molecule has 0 radical (unpaired) electrons. The minimum Gasteiger partial charge on any atom is -0.254 e. The second-order valence-corrected chi connectivity index (χ2v) is 2.83. The Hall–Kier alpha value is -1.34. The van der Waals surface area contributed by atoms with Crippen LogP contribution in [0.4, 0.5) is 5.13 Å². The molecule has 64 valence electrons. The van der Waals surface area contributed by atoms with Gasteiger partial charge >= 0.3 is 0 Å². The van der Waals surface area contributed by atoms with Crippen LogP contribution in [0.15, 0.2) is 16.7 Å². The maximum Gasteiger partial charge on any atom is 0.229 e. The molecule has 2 rings (SSSR count). The van der Waals surface area contributed by atoms with Crippen LogP contribution in [0.2, 0.25) is 0 Å². The molecule has 0 saturated heterocycles. The number of aromatic nitrogens is 1. The third-order valence-electron chi connectivity index (χ3n) is 1.29. The molecule has 7 heteroatoms. The number of nitrogens with zero attached hydrogens (tertiary/aromatic N) is 4. The number of hydrazine groups is 2. The SMILES string of the molecule is CON1C=NNN1c1nccs1. The highest BCUT2D eigenvalue weighted by Crippen LogP contribution is 2.18. The number of anilines is 1. The van der Waals surface area contributed by atoms with Crippen molar-refractivity contribution >= 4 is 22.8 Å². The lowest BCUT2D eigenvalue weighted by molar-refractivity contribution is -0.0690. The number of nitrogens with one attached hydrogen (secondary N) is 1. The number of hydroxylamine groups is 1. The molecule has 2 heterocycles. The Morgan fingerprint density at radius 2 is 2.58 bits per heavy atom. The summed E-state index contributed by atoms with van der Waals surface area (Å²) in [4.78, 5) is 9.04. The number of hydrogen-bond donors (Lipinski definition) is 1. The lowest BCUT2D eigenvalue weighted by atomic mass is 11.0. The molecule has 1 N–H and O–H groups in total. The van der Waals surface area contributed by atoms with Gasteiger partial charge in [-0.05, 0) is 0 Å². The molecule has 1 aromatic heterocycles. The Morgan fingerprint density at radius 3 is 3.25 bits per heavy atom. The van der Waals surface area contributed by atoms with E-state index in [-0.39, 0.29) is 0 Å². The fourth-order valence-corrected chi connectivity index (χ4v) is 1.39. The summed E-state index contributed by atoms with van der Waals surface area (Å²) < 4.78 is 0. The summed E-state index contributed by atoms with van der Waals surface area (Å²) in [7, 11) is 1.56. The standard InChI is InChI=1S/C5H7N5OS/c1-11-9-4-7-8-10(9)5-6-2-3-12-5/h2-4,8H,1H3. The van der Waals surface area contributed by atoms with E-state index in [0.29, 0.717) is 0 Å². The van der Waals surface area contributed by atoms with E-state index in [4.69, 9.17) is 4.84 Å². The first kappa shape index (κ1) is 7.32. The highest BCUT2D eigenvalue weighted by atomic mass is 32.1. The van der Waals surface area contributed by atoms with Crippen LogP contribution in [-0.4, -0.2) is 23.6 Å². The van der Waals surface area contributed by atoms with E-state index in [2.05, 4.69) is 15.6 Å². The van der Waals surface area contributed by atoms with Gasteiger partial charge in [-0.1, -0.05) is 0 Å². The minimum atomic E-state index is 0.773. The third kappa shape index (κ3) is 1.08. The normalized spacial score (nSPS) is 15.4. The molecule has 0 atom stereocenters. The molecule has 6 nitrogen and oxygen atoms in total. The van der Waals surface area contributed by atoms with Crippen molar-refractivity contribution < 1.29 is 4.84 Å². The van der Waals surface area contributed by atoms with Crippen LogP contribution in [0, 0.1) is 0 Å². The van der Waals surface area contributed by atoms with Crippen LogP contribution >= 0.6 is 11.3 Å². The number of hydrogen-bond acceptors (Lipinski definition) is 7. The van der Waals surface area contributed by atoms with Gasteiger partial charge in [0.2, 0.25) is 5.13 Å². The summed E-state index contributed by atoms with van der Waals surface area (Å²) in [6, 6.07) is 0. The Balaban J connectivity index is 2.15. The van der Waals surface area contributed by atoms with Crippen molar-refractivity contribution in [2.24, 2.45) is 5.10 Å². The van der Waals surface area contributed by atoms with Crippen molar-refractivity contribution in [3.63, 3.8) is 0 Å². The molecule has 0 fully saturated rings. The van der Waals surface area contributed by atoms with Crippen molar-refractivity contribution in [3.8, 4) is 0 Å². The van der Waals surface area contributed by atoms with Crippen LogP contribution in [0.1, 0.15) is 0 Å². The summed E-state index contributed by atoms with van der Waals surface area (Å²) in [6.07, 6.45) is 3.23. The van der Waals surface area contributed by atoms with Crippen molar-refractivity contribution in [3.05, 3.63) is 11.6 Å². The molecule has 0 amide bonds. The molecule has 0 spiro atoms.